The van der Waals surface area contributed by atoms with Crippen molar-refractivity contribution in [2.45, 2.75) is 6.92 Å². The molecule has 0 amide bonds. The van der Waals surface area contributed by atoms with Gasteiger partial charge < -0.3 is 0 Å². The van der Waals surface area contributed by atoms with Crippen molar-refractivity contribution in [2.24, 2.45) is 4.99 Å². The molecule has 0 saturated heterocycles. The van der Waals surface area contributed by atoms with Crippen molar-refractivity contribution in [3.63, 3.8) is 0 Å². The van der Waals surface area contributed by atoms with Crippen LogP contribution in [0.15, 0.2) is 35.3 Å². The number of aliphatic imine (C=N–C) groups is 1. The lowest BCUT2D eigenvalue weighted by Crippen LogP contribution is -2.40. The van der Waals surface area contributed by atoms with Crippen LogP contribution >= 0.6 is 0 Å². The normalized spacial score (nSPS) is 15.8. The zero-order valence-corrected chi connectivity index (χ0v) is 8.40. The standard InChI is InChI=1S/C11H15N3/c1-2-13-14-9-8-12-11(14)10-6-4-3-5-7-10/h3-7,13H,2,8-9H2,1H3. The Hall–Kier alpha value is -1.35. The van der Waals surface area contributed by atoms with Gasteiger partial charge in [0.1, 0.15) is 5.84 Å². The number of hydrogen-bond acceptors (Lipinski definition) is 3. The maximum Gasteiger partial charge on any atom is 0.145 e. The molecule has 1 aliphatic heterocycles. The smallest absolute Gasteiger partial charge is 0.145 e. The quantitative estimate of drug-likeness (QED) is 0.775. The first-order valence-corrected chi connectivity index (χ1v) is 5.02. The molecule has 3 heteroatoms. The zero-order chi connectivity index (χ0) is 9.80. The van der Waals surface area contributed by atoms with Crippen molar-refractivity contribution in [1.82, 2.24) is 10.4 Å². The molecule has 74 valence electrons. The molecule has 0 aromatic heterocycles. The van der Waals surface area contributed by atoms with Gasteiger partial charge in [0.05, 0.1) is 13.1 Å². The van der Waals surface area contributed by atoms with Crippen LogP contribution in [0.3, 0.4) is 0 Å². The van der Waals surface area contributed by atoms with Gasteiger partial charge in [0.15, 0.2) is 0 Å². The highest BCUT2D eigenvalue weighted by atomic mass is 15.5. The largest absolute Gasteiger partial charge is 0.290 e. The van der Waals surface area contributed by atoms with Gasteiger partial charge >= 0.3 is 0 Å². The molecule has 1 heterocycles. The first-order valence-electron chi connectivity index (χ1n) is 5.02. The molecule has 0 unspecified atom stereocenters. The number of benzene rings is 1. The molecule has 0 spiro atoms. The summed E-state index contributed by atoms with van der Waals surface area (Å²) in [4.78, 5) is 4.49. The first kappa shape index (κ1) is 9.21. The lowest BCUT2D eigenvalue weighted by atomic mass is 10.2. The van der Waals surface area contributed by atoms with E-state index in [-0.39, 0.29) is 0 Å². The van der Waals surface area contributed by atoms with Gasteiger partial charge in [-0.25, -0.2) is 5.43 Å². The summed E-state index contributed by atoms with van der Waals surface area (Å²) in [5.74, 6) is 1.06. The molecular weight excluding hydrogens is 174 g/mol. The molecule has 14 heavy (non-hydrogen) atoms. The van der Waals surface area contributed by atoms with E-state index in [1.54, 1.807) is 0 Å². The summed E-state index contributed by atoms with van der Waals surface area (Å²) < 4.78 is 0. The van der Waals surface area contributed by atoms with E-state index in [0.717, 1.165) is 25.5 Å². The van der Waals surface area contributed by atoms with E-state index >= 15 is 0 Å². The maximum absolute atomic E-state index is 4.49. The topological polar surface area (TPSA) is 27.6 Å². The van der Waals surface area contributed by atoms with Crippen LogP contribution in [0.25, 0.3) is 0 Å². The lowest BCUT2D eigenvalue weighted by molar-refractivity contribution is 0.344. The monoisotopic (exact) mass is 189 g/mol. The Morgan fingerprint density at radius 3 is 2.86 bits per heavy atom. The average Bonchev–Trinajstić information content (AvgIpc) is 2.68. The highest BCUT2D eigenvalue weighted by Crippen LogP contribution is 2.08. The molecule has 0 radical (unpaired) electrons. The van der Waals surface area contributed by atoms with Gasteiger partial charge in [-0.3, -0.25) is 10.0 Å². The third-order valence-corrected chi connectivity index (χ3v) is 2.22. The maximum atomic E-state index is 4.49. The Balaban J connectivity index is 2.18. The fraction of sp³-hybridized carbons (Fsp3) is 0.364. The molecule has 1 aromatic carbocycles. The summed E-state index contributed by atoms with van der Waals surface area (Å²) in [6.45, 7) is 4.89. The molecule has 1 aromatic rings. The minimum Gasteiger partial charge on any atom is -0.290 e. The van der Waals surface area contributed by atoms with Crippen molar-refractivity contribution in [3.8, 4) is 0 Å². The summed E-state index contributed by atoms with van der Waals surface area (Å²) >= 11 is 0. The van der Waals surface area contributed by atoms with Gasteiger partial charge in [0.25, 0.3) is 0 Å². The average molecular weight is 189 g/mol. The summed E-state index contributed by atoms with van der Waals surface area (Å²) in [5, 5.41) is 2.12. The van der Waals surface area contributed by atoms with Crippen LogP contribution < -0.4 is 5.43 Å². The van der Waals surface area contributed by atoms with E-state index in [9.17, 15) is 0 Å². The number of nitrogens with one attached hydrogen (secondary N) is 1. The third kappa shape index (κ3) is 1.77. The van der Waals surface area contributed by atoms with Crippen LogP contribution in [0.4, 0.5) is 0 Å². The molecule has 3 nitrogen and oxygen atoms in total. The summed E-state index contributed by atoms with van der Waals surface area (Å²) in [5.41, 5.74) is 4.48. The Labute approximate surface area is 84.4 Å². The fourth-order valence-corrected chi connectivity index (χ4v) is 1.63. The van der Waals surface area contributed by atoms with Gasteiger partial charge in [0.2, 0.25) is 0 Å². The summed E-state index contributed by atoms with van der Waals surface area (Å²) in [7, 11) is 0. The second kappa shape index (κ2) is 4.24. The van der Waals surface area contributed by atoms with Crippen molar-refractivity contribution < 1.29 is 0 Å². The van der Waals surface area contributed by atoms with Crippen molar-refractivity contribution >= 4 is 5.84 Å². The first-order chi connectivity index (χ1) is 6.92. The van der Waals surface area contributed by atoms with Crippen molar-refractivity contribution in [3.05, 3.63) is 35.9 Å². The molecule has 1 aliphatic rings. The van der Waals surface area contributed by atoms with Crippen molar-refractivity contribution in [1.29, 1.82) is 0 Å². The van der Waals surface area contributed by atoms with E-state index in [1.165, 1.54) is 5.56 Å². The van der Waals surface area contributed by atoms with Crippen LogP contribution in [0, 0.1) is 0 Å². The van der Waals surface area contributed by atoms with Crippen LogP contribution in [0.5, 0.6) is 0 Å². The number of hydrogen-bond donors (Lipinski definition) is 1. The van der Waals surface area contributed by atoms with Crippen LogP contribution in [-0.2, 0) is 0 Å². The van der Waals surface area contributed by atoms with Gasteiger partial charge in [0, 0.05) is 12.1 Å². The molecule has 0 atom stereocenters. The molecule has 0 fully saturated rings. The molecule has 0 bridgehead atoms. The SMILES string of the molecule is CCNN1CCN=C1c1ccccc1. The summed E-state index contributed by atoms with van der Waals surface area (Å²) in [6, 6.07) is 10.3. The van der Waals surface area contributed by atoms with Gasteiger partial charge in [-0.15, -0.1) is 0 Å². The minimum absolute atomic E-state index is 0.886. The van der Waals surface area contributed by atoms with E-state index in [1.807, 2.05) is 18.2 Å². The van der Waals surface area contributed by atoms with Crippen LogP contribution in [0.2, 0.25) is 0 Å². The van der Waals surface area contributed by atoms with Gasteiger partial charge in [-0.2, -0.15) is 0 Å². The molecular formula is C11H15N3. The Kier molecular flexibility index (Phi) is 2.79. The predicted octanol–water partition coefficient (Wildman–Crippen LogP) is 1.27. The van der Waals surface area contributed by atoms with Crippen LogP contribution in [0.1, 0.15) is 12.5 Å². The Morgan fingerprint density at radius 1 is 1.36 bits per heavy atom. The van der Waals surface area contributed by atoms with E-state index in [4.69, 9.17) is 0 Å². The molecule has 2 rings (SSSR count). The third-order valence-electron chi connectivity index (χ3n) is 2.22. The van der Waals surface area contributed by atoms with E-state index in [2.05, 4.69) is 34.5 Å². The summed E-state index contributed by atoms with van der Waals surface area (Å²) in [6.07, 6.45) is 0. The highest BCUT2D eigenvalue weighted by molar-refractivity contribution is 5.99. The number of rotatable bonds is 3. The molecule has 0 saturated carbocycles. The number of amidine groups is 1. The Morgan fingerprint density at radius 2 is 2.14 bits per heavy atom. The van der Waals surface area contributed by atoms with Gasteiger partial charge in [-0.1, -0.05) is 37.3 Å². The molecule has 0 aliphatic carbocycles. The second-order valence-electron chi connectivity index (χ2n) is 3.23. The van der Waals surface area contributed by atoms with Crippen molar-refractivity contribution in [2.75, 3.05) is 19.6 Å². The number of nitrogens with zero attached hydrogens (tertiary/aromatic N) is 2. The van der Waals surface area contributed by atoms with Crippen LogP contribution in [-0.4, -0.2) is 30.5 Å². The predicted molar refractivity (Wildman–Crippen MR) is 58.2 cm³/mol. The zero-order valence-electron chi connectivity index (χ0n) is 8.40. The Bertz CT molecular complexity index is 319. The second-order valence-corrected chi connectivity index (χ2v) is 3.23. The van der Waals surface area contributed by atoms with Gasteiger partial charge in [-0.05, 0) is 0 Å². The lowest BCUT2D eigenvalue weighted by Gasteiger charge is -2.20. The van der Waals surface area contributed by atoms with E-state index < -0.39 is 0 Å². The molecule has 1 N–H and O–H groups in total. The highest BCUT2D eigenvalue weighted by Gasteiger charge is 2.16. The number of hydrazine groups is 1. The van der Waals surface area contributed by atoms with E-state index in [0.29, 0.717) is 0 Å². The minimum atomic E-state index is 0.886. The fourth-order valence-electron chi connectivity index (χ4n) is 1.63.